The molecule has 0 N–H and O–H groups in total. The molecule has 1 saturated carbocycles. The fraction of sp³-hybridized carbons (Fsp3) is 0.429. The molecule has 1 fully saturated rings. The standard InChI is InChI=1S/C14H12F3NO2/c15-14(16,17)11-7-8(11)5-6-18-12(19)9-3-1-2-4-10(9)13(18)20/h1-4,8,11H,5-7H2/t8-,11-/m1/s1. The maximum Gasteiger partial charge on any atom is 0.392 e. The van der Waals surface area contributed by atoms with Gasteiger partial charge >= 0.3 is 6.18 Å². The first-order chi connectivity index (χ1) is 9.39. The SMILES string of the molecule is O=C1c2ccccc2C(=O)N1CC[C@@H]1C[C@H]1C(F)(F)F. The zero-order valence-electron chi connectivity index (χ0n) is 10.5. The minimum Gasteiger partial charge on any atom is -0.274 e. The summed E-state index contributed by atoms with van der Waals surface area (Å²) < 4.78 is 37.2. The molecule has 1 aliphatic carbocycles. The van der Waals surface area contributed by atoms with Crippen LogP contribution in [0.2, 0.25) is 0 Å². The molecular formula is C14H12F3NO2. The van der Waals surface area contributed by atoms with Gasteiger partial charge in [-0.15, -0.1) is 0 Å². The molecule has 0 radical (unpaired) electrons. The topological polar surface area (TPSA) is 37.4 Å². The molecule has 0 aromatic heterocycles. The molecule has 3 rings (SSSR count). The summed E-state index contributed by atoms with van der Waals surface area (Å²) in [6, 6.07) is 6.44. The molecule has 0 saturated heterocycles. The van der Waals surface area contributed by atoms with E-state index in [0.29, 0.717) is 11.1 Å². The number of carbonyl (C=O) groups is 2. The Labute approximate surface area is 113 Å². The van der Waals surface area contributed by atoms with E-state index in [1.54, 1.807) is 24.3 Å². The third-order valence-electron chi connectivity index (χ3n) is 3.94. The fourth-order valence-electron chi connectivity index (χ4n) is 2.70. The van der Waals surface area contributed by atoms with Crippen molar-refractivity contribution in [1.82, 2.24) is 4.90 Å². The number of carbonyl (C=O) groups excluding carboxylic acids is 2. The molecular weight excluding hydrogens is 271 g/mol. The van der Waals surface area contributed by atoms with E-state index in [0.717, 1.165) is 4.90 Å². The van der Waals surface area contributed by atoms with Gasteiger partial charge in [-0.1, -0.05) is 12.1 Å². The number of fused-ring (bicyclic) bond motifs is 1. The van der Waals surface area contributed by atoms with Crippen molar-refractivity contribution >= 4 is 11.8 Å². The summed E-state index contributed by atoms with van der Waals surface area (Å²) in [5, 5.41) is 0. The molecule has 2 amide bonds. The van der Waals surface area contributed by atoms with Crippen LogP contribution < -0.4 is 0 Å². The van der Waals surface area contributed by atoms with Gasteiger partial charge in [0, 0.05) is 6.54 Å². The zero-order valence-corrected chi connectivity index (χ0v) is 10.5. The van der Waals surface area contributed by atoms with Crippen LogP contribution in [0, 0.1) is 11.8 Å². The molecule has 20 heavy (non-hydrogen) atoms. The van der Waals surface area contributed by atoms with Crippen LogP contribution in [0.15, 0.2) is 24.3 Å². The van der Waals surface area contributed by atoms with Crippen molar-refractivity contribution in [3.05, 3.63) is 35.4 Å². The van der Waals surface area contributed by atoms with Gasteiger partial charge in [0.2, 0.25) is 0 Å². The number of hydrogen-bond donors (Lipinski definition) is 0. The van der Waals surface area contributed by atoms with Gasteiger partial charge < -0.3 is 0 Å². The number of rotatable bonds is 3. The summed E-state index contributed by atoms with van der Waals surface area (Å²) in [4.78, 5) is 25.1. The molecule has 0 spiro atoms. The van der Waals surface area contributed by atoms with Crippen LogP contribution in [0.5, 0.6) is 0 Å². The minimum atomic E-state index is -4.16. The van der Waals surface area contributed by atoms with E-state index in [2.05, 4.69) is 0 Å². The van der Waals surface area contributed by atoms with Gasteiger partial charge in [-0.05, 0) is 30.9 Å². The predicted molar refractivity (Wildman–Crippen MR) is 64.1 cm³/mol. The van der Waals surface area contributed by atoms with Crippen molar-refractivity contribution in [2.75, 3.05) is 6.54 Å². The summed E-state index contributed by atoms with van der Waals surface area (Å²) in [5.74, 6) is -2.54. The second-order valence-corrected chi connectivity index (χ2v) is 5.24. The molecule has 2 aliphatic rings. The molecule has 0 unspecified atom stereocenters. The number of benzene rings is 1. The summed E-state index contributed by atoms with van der Waals surface area (Å²) in [6.45, 7) is 0.0591. The predicted octanol–water partition coefficient (Wildman–Crippen LogP) is 2.87. The van der Waals surface area contributed by atoms with E-state index in [4.69, 9.17) is 0 Å². The molecule has 1 aliphatic heterocycles. The van der Waals surface area contributed by atoms with Crippen molar-refractivity contribution in [3.8, 4) is 0 Å². The molecule has 6 heteroatoms. The number of nitrogens with zero attached hydrogens (tertiary/aromatic N) is 1. The normalized spacial score (nSPS) is 25.1. The quantitative estimate of drug-likeness (QED) is 0.800. The van der Waals surface area contributed by atoms with Gasteiger partial charge in [0.1, 0.15) is 0 Å². The van der Waals surface area contributed by atoms with Crippen molar-refractivity contribution in [3.63, 3.8) is 0 Å². The van der Waals surface area contributed by atoms with Gasteiger partial charge in [0.25, 0.3) is 11.8 Å². The lowest BCUT2D eigenvalue weighted by molar-refractivity contribution is -0.151. The van der Waals surface area contributed by atoms with Crippen molar-refractivity contribution in [2.45, 2.75) is 19.0 Å². The Kier molecular flexibility index (Phi) is 2.84. The Hall–Kier alpha value is -1.85. The lowest BCUT2D eigenvalue weighted by Crippen LogP contribution is -2.31. The Morgan fingerprint density at radius 1 is 1.10 bits per heavy atom. The Bertz CT molecular complexity index is 547. The molecule has 1 heterocycles. The van der Waals surface area contributed by atoms with Crippen LogP contribution >= 0.6 is 0 Å². The monoisotopic (exact) mass is 283 g/mol. The summed E-state index contributed by atoms with van der Waals surface area (Å²) >= 11 is 0. The first-order valence-corrected chi connectivity index (χ1v) is 6.41. The van der Waals surface area contributed by atoms with E-state index in [1.807, 2.05) is 0 Å². The maximum absolute atomic E-state index is 12.4. The number of halogens is 3. The molecule has 0 bridgehead atoms. The van der Waals surface area contributed by atoms with Crippen LogP contribution in [0.4, 0.5) is 13.2 Å². The molecule has 1 aromatic carbocycles. The van der Waals surface area contributed by atoms with Crippen molar-refractivity contribution in [2.24, 2.45) is 11.8 Å². The molecule has 3 nitrogen and oxygen atoms in total. The number of hydrogen-bond acceptors (Lipinski definition) is 2. The highest BCUT2D eigenvalue weighted by molar-refractivity contribution is 6.21. The summed E-state index contributed by atoms with van der Waals surface area (Å²) in [7, 11) is 0. The van der Waals surface area contributed by atoms with Gasteiger partial charge in [0.05, 0.1) is 17.0 Å². The van der Waals surface area contributed by atoms with Crippen LogP contribution in [0.1, 0.15) is 33.6 Å². The van der Waals surface area contributed by atoms with Gasteiger partial charge in [0.15, 0.2) is 0 Å². The molecule has 106 valence electrons. The Balaban J connectivity index is 1.64. The number of imide groups is 1. The van der Waals surface area contributed by atoms with E-state index in [9.17, 15) is 22.8 Å². The van der Waals surface area contributed by atoms with Crippen molar-refractivity contribution in [1.29, 1.82) is 0 Å². The number of alkyl halides is 3. The molecule has 2 atom stereocenters. The van der Waals surface area contributed by atoms with Crippen LogP contribution in [-0.4, -0.2) is 29.4 Å². The van der Waals surface area contributed by atoms with Crippen LogP contribution in [-0.2, 0) is 0 Å². The zero-order chi connectivity index (χ0) is 14.5. The van der Waals surface area contributed by atoms with E-state index in [1.165, 1.54) is 0 Å². The van der Waals surface area contributed by atoms with Crippen LogP contribution in [0.25, 0.3) is 0 Å². The van der Waals surface area contributed by atoms with Gasteiger partial charge in [-0.25, -0.2) is 0 Å². The second-order valence-electron chi connectivity index (χ2n) is 5.24. The van der Waals surface area contributed by atoms with Crippen molar-refractivity contribution < 1.29 is 22.8 Å². The summed E-state index contributed by atoms with van der Waals surface area (Å²) in [6.07, 6.45) is -3.84. The summed E-state index contributed by atoms with van der Waals surface area (Å²) in [5.41, 5.74) is 0.668. The van der Waals surface area contributed by atoms with Gasteiger partial charge in [-0.3, -0.25) is 14.5 Å². The third kappa shape index (κ3) is 2.09. The smallest absolute Gasteiger partial charge is 0.274 e. The first kappa shape index (κ1) is 13.1. The van der Waals surface area contributed by atoms with E-state index in [-0.39, 0.29) is 19.4 Å². The van der Waals surface area contributed by atoms with Gasteiger partial charge in [-0.2, -0.15) is 13.2 Å². The molecule has 1 aromatic rings. The Morgan fingerprint density at radius 3 is 2.10 bits per heavy atom. The average Bonchev–Trinajstić information content (AvgIpc) is 3.14. The largest absolute Gasteiger partial charge is 0.392 e. The van der Waals surface area contributed by atoms with E-state index >= 15 is 0 Å². The highest BCUT2D eigenvalue weighted by Gasteiger charge is 2.55. The maximum atomic E-state index is 12.4. The minimum absolute atomic E-state index is 0.0591. The second kappa shape index (κ2) is 4.33. The fourth-order valence-corrected chi connectivity index (χ4v) is 2.70. The first-order valence-electron chi connectivity index (χ1n) is 6.41. The average molecular weight is 283 g/mol. The highest BCUT2D eigenvalue weighted by Crippen LogP contribution is 2.51. The third-order valence-corrected chi connectivity index (χ3v) is 3.94. The lowest BCUT2D eigenvalue weighted by atomic mass is 10.1. The Morgan fingerprint density at radius 2 is 1.65 bits per heavy atom. The number of amides is 2. The highest BCUT2D eigenvalue weighted by atomic mass is 19.4. The van der Waals surface area contributed by atoms with E-state index < -0.39 is 29.8 Å². The lowest BCUT2D eigenvalue weighted by Gasteiger charge is -2.13. The van der Waals surface area contributed by atoms with Crippen LogP contribution in [0.3, 0.4) is 0 Å².